The summed E-state index contributed by atoms with van der Waals surface area (Å²) in [4.78, 5) is 11.0. The first kappa shape index (κ1) is 24.1. The van der Waals surface area contributed by atoms with Crippen molar-refractivity contribution in [1.82, 2.24) is 0 Å². The molecule has 0 aromatic heterocycles. The van der Waals surface area contributed by atoms with Gasteiger partial charge in [0.05, 0.1) is 18.8 Å². The molecule has 0 amide bonds. The van der Waals surface area contributed by atoms with Crippen LogP contribution >= 0.6 is 0 Å². The first-order valence-corrected chi connectivity index (χ1v) is 9.29. The van der Waals surface area contributed by atoms with Gasteiger partial charge < -0.3 is 40.1 Å². The van der Waals surface area contributed by atoms with E-state index in [1.807, 2.05) is 0 Å². The second-order valence-corrected chi connectivity index (χ2v) is 7.03. The molecular weight excluding hydrogens is 396 g/mol. The monoisotopic (exact) mass is 420 g/mol. The van der Waals surface area contributed by atoms with E-state index in [2.05, 4.69) is 4.18 Å². The average molecular weight is 420 g/mol. The topological polar surface area (TPSA) is 221 Å². The Hall–Kier alpha value is -0.940. The zero-order valence-electron chi connectivity index (χ0n) is 14.2. The van der Waals surface area contributed by atoms with Gasteiger partial charge >= 0.3 is 16.4 Å². The van der Waals surface area contributed by atoms with Gasteiger partial charge in [-0.2, -0.15) is 8.42 Å². The van der Waals surface area contributed by atoms with Crippen molar-refractivity contribution in [2.45, 2.75) is 68.8 Å². The lowest BCUT2D eigenvalue weighted by atomic mass is 10.0. The van der Waals surface area contributed by atoms with E-state index >= 15 is 0 Å². The van der Waals surface area contributed by atoms with Gasteiger partial charge in [0.25, 0.3) is 0 Å². The molecule has 0 aliphatic carbocycles. The van der Waals surface area contributed by atoms with Gasteiger partial charge in [0.15, 0.2) is 18.5 Å². The van der Waals surface area contributed by atoms with E-state index < -0.39 is 78.4 Å². The first-order chi connectivity index (χ1) is 12.4. The van der Waals surface area contributed by atoms with Crippen LogP contribution in [-0.4, -0.2) is 105 Å². The minimum atomic E-state index is -5.06. The maximum absolute atomic E-state index is 11.0. The Balaban J connectivity index is 2.82. The van der Waals surface area contributed by atoms with E-state index in [0.717, 1.165) is 0 Å². The average Bonchev–Trinajstić information content (AvgIpc) is 2.58. The normalized spacial score (nSPS) is 31.1. The van der Waals surface area contributed by atoms with Gasteiger partial charge in [-0.1, -0.05) is 6.92 Å². The minimum absolute atomic E-state index is 0.0777. The van der Waals surface area contributed by atoms with E-state index in [4.69, 9.17) is 19.1 Å². The van der Waals surface area contributed by atoms with Crippen molar-refractivity contribution in [3.8, 4) is 0 Å². The maximum Gasteiger partial charge on any atom is 0.397 e. The molecule has 0 bridgehead atoms. The highest BCUT2D eigenvalue weighted by Crippen LogP contribution is 2.25. The zero-order chi connectivity index (χ0) is 20.9. The summed E-state index contributed by atoms with van der Waals surface area (Å²) in [6, 6.07) is 0. The molecule has 1 aliphatic heterocycles. The molecule has 1 rings (SSSR count). The summed E-state index contributed by atoms with van der Waals surface area (Å²) in [5.74, 6) is -1.49. The highest BCUT2D eigenvalue weighted by Gasteiger charge is 2.45. The highest BCUT2D eigenvalue weighted by atomic mass is 32.3. The fourth-order valence-corrected chi connectivity index (χ4v) is 2.86. The number of carbonyl (C=O) groups is 1. The summed E-state index contributed by atoms with van der Waals surface area (Å²) in [5.41, 5.74) is 0. The number of ether oxygens (including phenoxy) is 2. The van der Waals surface area contributed by atoms with Crippen LogP contribution in [0.15, 0.2) is 0 Å². The Morgan fingerprint density at radius 1 is 1.19 bits per heavy atom. The molecule has 1 fully saturated rings. The number of hydrogen-bond donors (Lipinski definition) is 7. The van der Waals surface area contributed by atoms with Crippen molar-refractivity contribution >= 4 is 16.4 Å². The predicted octanol–water partition coefficient (Wildman–Crippen LogP) is -3.39. The summed E-state index contributed by atoms with van der Waals surface area (Å²) in [7, 11) is -5.06. The summed E-state index contributed by atoms with van der Waals surface area (Å²) in [6.07, 6.45) is -14.2. The van der Waals surface area contributed by atoms with Gasteiger partial charge in [-0.05, 0) is 6.42 Å². The summed E-state index contributed by atoms with van der Waals surface area (Å²) in [5, 5.41) is 57.6. The van der Waals surface area contributed by atoms with Crippen LogP contribution in [0.4, 0.5) is 0 Å². The molecule has 1 heterocycles. The fourth-order valence-electron chi connectivity index (χ4n) is 2.36. The minimum Gasteiger partial charge on any atom is -0.479 e. The Bertz CT molecular complexity index is 581. The number of carboxylic acid groups (broad SMARTS) is 1. The smallest absolute Gasteiger partial charge is 0.397 e. The largest absolute Gasteiger partial charge is 0.479 e. The molecule has 1 saturated heterocycles. The molecule has 7 N–H and O–H groups in total. The molecule has 4 unspecified atom stereocenters. The first-order valence-electron chi connectivity index (χ1n) is 7.93. The van der Waals surface area contributed by atoms with Gasteiger partial charge in [0, 0.05) is 6.42 Å². The quantitative estimate of drug-likeness (QED) is 0.172. The zero-order valence-corrected chi connectivity index (χ0v) is 15.0. The lowest BCUT2D eigenvalue weighted by Gasteiger charge is -2.37. The van der Waals surface area contributed by atoms with E-state index in [0.29, 0.717) is 0 Å². The second kappa shape index (κ2) is 10.0. The molecule has 160 valence electrons. The van der Waals surface area contributed by atoms with Crippen molar-refractivity contribution in [3.63, 3.8) is 0 Å². The third kappa shape index (κ3) is 7.19. The third-order valence-corrected chi connectivity index (χ3v) is 4.36. The fraction of sp³-hybridized carbons (Fsp3) is 0.923. The molecule has 0 saturated carbocycles. The van der Waals surface area contributed by atoms with E-state index in [1.165, 1.54) is 6.92 Å². The van der Waals surface area contributed by atoms with Gasteiger partial charge in [-0.3, -0.25) is 4.55 Å². The molecule has 1 aliphatic rings. The Labute approximate surface area is 154 Å². The summed E-state index contributed by atoms with van der Waals surface area (Å²) >= 11 is 0. The number of rotatable bonds is 10. The van der Waals surface area contributed by atoms with Crippen molar-refractivity contribution in [2.24, 2.45) is 0 Å². The van der Waals surface area contributed by atoms with Gasteiger partial charge in [-0.25, -0.2) is 8.98 Å². The van der Waals surface area contributed by atoms with E-state index in [-0.39, 0.29) is 6.42 Å². The van der Waals surface area contributed by atoms with Crippen LogP contribution in [0.5, 0.6) is 0 Å². The van der Waals surface area contributed by atoms with Crippen LogP contribution in [0.2, 0.25) is 0 Å². The van der Waals surface area contributed by atoms with E-state index in [1.54, 1.807) is 0 Å². The van der Waals surface area contributed by atoms with Crippen LogP contribution in [0, 0.1) is 0 Å². The Morgan fingerprint density at radius 3 is 2.22 bits per heavy atom. The number of aliphatic carboxylic acids is 1. The molecular formula is C13H24O13S. The molecule has 8 atom stereocenters. The third-order valence-electron chi connectivity index (χ3n) is 3.90. The maximum atomic E-state index is 11.0. The van der Waals surface area contributed by atoms with Crippen LogP contribution in [0.1, 0.15) is 19.8 Å². The molecule has 14 heteroatoms. The highest BCUT2D eigenvalue weighted by molar-refractivity contribution is 7.80. The van der Waals surface area contributed by atoms with Crippen molar-refractivity contribution in [1.29, 1.82) is 0 Å². The lowest BCUT2D eigenvalue weighted by molar-refractivity contribution is -0.269. The molecule has 13 nitrogen and oxygen atoms in total. The molecule has 0 spiro atoms. The Morgan fingerprint density at radius 2 is 1.74 bits per heavy atom. The van der Waals surface area contributed by atoms with Crippen LogP contribution < -0.4 is 0 Å². The molecule has 27 heavy (non-hydrogen) atoms. The standard InChI is InChI=1S/C13H24O13S/c1-2-5(14)9(17)10(18)7(16)4-24-13-11(26-27(21,22)23)6(15)3-8(25-13)12(19)20/h5-11,13-18H,2-4H2,1H3,(H,19,20)(H,21,22,23)/t5?,6-,7?,8?,9+,10-,11?,13+/m0/s1. The van der Waals surface area contributed by atoms with E-state index in [9.17, 15) is 38.7 Å². The van der Waals surface area contributed by atoms with Gasteiger partial charge in [-0.15, -0.1) is 0 Å². The number of hydrogen-bond acceptors (Lipinski definition) is 11. The van der Waals surface area contributed by atoms with Crippen molar-refractivity contribution in [3.05, 3.63) is 0 Å². The van der Waals surface area contributed by atoms with Crippen molar-refractivity contribution < 1.29 is 62.1 Å². The van der Waals surface area contributed by atoms with Crippen LogP contribution in [-0.2, 0) is 28.9 Å². The van der Waals surface area contributed by atoms with Gasteiger partial charge in [0.1, 0.15) is 18.3 Å². The van der Waals surface area contributed by atoms with Gasteiger partial charge in [0.2, 0.25) is 0 Å². The molecule has 0 radical (unpaired) electrons. The second-order valence-electron chi connectivity index (χ2n) is 5.98. The number of carboxylic acids is 1. The van der Waals surface area contributed by atoms with Crippen LogP contribution in [0.25, 0.3) is 0 Å². The number of aliphatic hydroxyl groups excluding tert-OH is 5. The lowest BCUT2D eigenvalue weighted by Crippen LogP contribution is -2.54. The molecule has 0 aromatic carbocycles. The molecule has 0 aromatic rings. The van der Waals surface area contributed by atoms with Crippen LogP contribution in [0.3, 0.4) is 0 Å². The Kier molecular flexibility index (Phi) is 8.94. The summed E-state index contributed by atoms with van der Waals surface area (Å²) < 4.78 is 44.7. The predicted molar refractivity (Wildman–Crippen MR) is 83.6 cm³/mol. The SMILES string of the molecule is CCC(O)[C@@H](O)[C@@H](O)C(O)CO[C@@H]1OC(C(=O)O)C[C@H](O)C1OS(=O)(=O)O. The number of aliphatic hydroxyl groups is 5. The van der Waals surface area contributed by atoms with Crippen molar-refractivity contribution in [2.75, 3.05) is 6.61 Å². The summed E-state index contributed by atoms with van der Waals surface area (Å²) in [6.45, 7) is 0.702.